The number of nitrogens with one attached hydrogen (secondary N) is 1. The molecule has 0 bridgehead atoms. The number of aryl methyl sites for hydroxylation is 1. The maximum Gasteiger partial charge on any atom is 0.221 e. The number of hydrogen-bond donors (Lipinski definition) is 1. The van der Waals surface area contributed by atoms with Gasteiger partial charge in [0.1, 0.15) is 0 Å². The van der Waals surface area contributed by atoms with Crippen molar-refractivity contribution in [3.05, 3.63) is 83.9 Å². The lowest BCUT2D eigenvalue weighted by Crippen LogP contribution is -2.28. The van der Waals surface area contributed by atoms with Crippen molar-refractivity contribution in [2.45, 2.75) is 37.1 Å². The summed E-state index contributed by atoms with van der Waals surface area (Å²) in [5, 5.41) is 3.28. The zero-order valence-electron chi connectivity index (χ0n) is 13.8. The van der Waals surface area contributed by atoms with E-state index in [1.165, 1.54) is 17.5 Å². The number of allylic oxidation sites excluding steroid dienone is 1. The summed E-state index contributed by atoms with van der Waals surface area (Å²) in [6.07, 6.45) is 4.69. The molecule has 2 aliphatic rings. The van der Waals surface area contributed by atoms with E-state index in [1.807, 2.05) is 24.3 Å². The van der Waals surface area contributed by atoms with Gasteiger partial charge in [0.2, 0.25) is 5.91 Å². The predicted molar refractivity (Wildman–Crippen MR) is 96.9 cm³/mol. The van der Waals surface area contributed by atoms with Crippen LogP contribution in [-0.4, -0.2) is 11.9 Å². The molecular formula is C22H23NO. The molecule has 24 heavy (non-hydrogen) atoms. The second kappa shape index (κ2) is 6.27. The minimum Gasteiger partial charge on any atom is -0.352 e. The predicted octanol–water partition coefficient (Wildman–Crippen LogP) is 4.19. The Hall–Kier alpha value is -2.35. The molecule has 1 amide bonds. The van der Waals surface area contributed by atoms with E-state index >= 15 is 0 Å². The number of carbonyl (C=O) groups is 1. The highest BCUT2D eigenvalue weighted by Crippen LogP contribution is 2.54. The lowest BCUT2D eigenvalue weighted by Gasteiger charge is -2.13. The Morgan fingerprint density at radius 2 is 1.92 bits per heavy atom. The third kappa shape index (κ3) is 2.77. The molecule has 1 saturated carbocycles. The molecule has 0 radical (unpaired) electrons. The SMILES string of the molecule is C=C[C@H](CC(=O)N[C@@H]1[C@H]2CCc3ccccc3[C@H]21)c1ccccc1. The van der Waals surface area contributed by atoms with Gasteiger partial charge in [-0.1, -0.05) is 60.7 Å². The van der Waals surface area contributed by atoms with Crippen molar-refractivity contribution in [1.29, 1.82) is 0 Å². The maximum atomic E-state index is 12.5. The van der Waals surface area contributed by atoms with Crippen LogP contribution in [0.15, 0.2) is 67.3 Å². The van der Waals surface area contributed by atoms with Crippen molar-refractivity contribution in [3.8, 4) is 0 Å². The molecule has 1 N–H and O–H groups in total. The fourth-order valence-electron chi connectivity index (χ4n) is 4.25. The van der Waals surface area contributed by atoms with Crippen LogP contribution in [0, 0.1) is 5.92 Å². The van der Waals surface area contributed by atoms with Crippen LogP contribution in [-0.2, 0) is 11.2 Å². The minimum absolute atomic E-state index is 0.0827. The van der Waals surface area contributed by atoms with Crippen molar-refractivity contribution in [2.75, 3.05) is 0 Å². The van der Waals surface area contributed by atoms with Crippen LogP contribution in [0.3, 0.4) is 0 Å². The van der Waals surface area contributed by atoms with E-state index in [9.17, 15) is 4.79 Å². The normalized spacial score (nSPS) is 25.1. The average Bonchev–Trinajstić information content (AvgIpc) is 3.33. The van der Waals surface area contributed by atoms with Crippen LogP contribution in [0.1, 0.15) is 41.4 Å². The molecule has 122 valence electrons. The van der Waals surface area contributed by atoms with Crippen LogP contribution in [0.25, 0.3) is 0 Å². The molecule has 2 heteroatoms. The van der Waals surface area contributed by atoms with Gasteiger partial charge < -0.3 is 5.32 Å². The van der Waals surface area contributed by atoms with Gasteiger partial charge in [0.15, 0.2) is 0 Å². The van der Waals surface area contributed by atoms with Gasteiger partial charge in [-0.25, -0.2) is 0 Å². The number of carbonyl (C=O) groups excluding carboxylic acids is 1. The molecule has 0 unspecified atom stereocenters. The molecule has 4 atom stereocenters. The van der Waals surface area contributed by atoms with E-state index in [0.717, 1.165) is 12.0 Å². The molecule has 0 saturated heterocycles. The lowest BCUT2D eigenvalue weighted by atomic mass is 9.92. The van der Waals surface area contributed by atoms with Gasteiger partial charge in [0.25, 0.3) is 0 Å². The summed E-state index contributed by atoms with van der Waals surface area (Å²) in [4.78, 5) is 12.5. The van der Waals surface area contributed by atoms with E-state index in [4.69, 9.17) is 0 Å². The number of benzene rings is 2. The summed E-state index contributed by atoms with van der Waals surface area (Å²) in [7, 11) is 0. The molecule has 2 nitrogen and oxygen atoms in total. The molecule has 0 heterocycles. The van der Waals surface area contributed by atoms with Crippen LogP contribution < -0.4 is 5.32 Å². The van der Waals surface area contributed by atoms with Crippen molar-refractivity contribution < 1.29 is 4.79 Å². The Bertz CT molecular complexity index is 752. The Balaban J connectivity index is 1.40. The second-order valence-electron chi connectivity index (χ2n) is 6.98. The number of hydrogen-bond acceptors (Lipinski definition) is 1. The quantitative estimate of drug-likeness (QED) is 0.823. The van der Waals surface area contributed by atoms with Gasteiger partial charge >= 0.3 is 0 Å². The van der Waals surface area contributed by atoms with Gasteiger partial charge in [-0.2, -0.15) is 0 Å². The second-order valence-corrected chi connectivity index (χ2v) is 6.98. The Morgan fingerprint density at radius 1 is 1.17 bits per heavy atom. The highest BCUT2D eigenvalue weighted by molar-refractivity contribution is 5.78. The maximum absolute atomic E-state index is 12.5. The molecule has 0 aliphatic heterocycles. The molecule has 2 aromatic rings. The van der Waals surface area contributed by atoms with E-state index in [-0.39, 0.29) is 11.8 Å². The smallest absolute Gasteiger partial charge is 0.221 e. The zero-order chi connectivity index (χ0) is 16.5. The van der Waals surface area contributed by atoms with Gasteiger partial charge in [0, 0.05) is 24.3 Å². The van der Waals surface area contributed by atoms with E-state index < -0.39 is 0 Å². The topological polar surface area (TPSA) is 29.1 Å². The number of fused-ring (bicyclic) bond motifs is 3. The first kappa shape index (κ1) is 15.2. The molecule has 1 fully saturated rings. The first-order valence-electron chi connectivity index (χ1n) is 8.82. The third-order valence-electron chi connectivity index (χ3n) is 5.57. The highest BCUT2D eigenvalue weighted by Gasteiger charge is 2.53. The summed E-state index contributed by atoms with van der Waals surface area (Å²) in [6, 6.07) is 19.1. The largest absolute Gasteiger partial charge is 0.352 e. The standard InChI is InChI=1S/C22H23NO/c1-2-15(16-8-4-3-5-9-16)14-20(24)23-22-19-13-12-17-10-6-7-11-18(17)21(19)22/h2-11,15,19,21-22H,1,12-14H2,(H,23,24)/t15-,19+,21-,22-/m1/s1. The fraction of sp³-hybridized carbons (Fsp3) is 0.318. The van der Waals surface area contributed by atoms with Gasteiger partial charge in [0.05, 0.1) is 0 Å². The Morgan fingerprint density at radius 3 is 2.71 bits per heavy atom. The van der Waals surface area contributed by atoms with Crippen molar-refractivity contribution in [2.24, 2.45) is 5.92 Å². The Kier molecular flexibility index (Phi) is 3.97. The summed E-state index contributed by atoms with van der Waals surface area (Å²) >= 11 is 0. The highest BCUT2D eigenvalue weighted by atomic mass is 16.1. The number of rotatable bonds is 5. The minimum atomic E-state index is 0.0827. The molecule has 0 aromatic heterocycles. The zero-order valence-corrected chi connectivity index (χ0v) is 13.8. The van der Waals surface area contributed by atoms with Crippen molar-refractivity contribution in [1.82, 2.24) is 5.32 Å². The van der Waals surface area contributed by atoms with Crippen molar-refractivity contribution in [3.63, 3.8) is 0 Å². The monoisotopic (exact) mass is 317 g/mol. The van der Waals surface area contributed by atoms with Crippen LogP contribution >= 0.6 is 0 Å². The number of amides is 1. The van der Waals surface area contributed by atoms with Crippen LogP contribution in [0.2, 0.25) is 0 Å². The third-order valence-corrected chi connectivity index (χ3v) is 5.57. The molecular weight excluding hydrogens is 294 g/mol. The fourth-order valence-corrected chi connectivity index (χ4v) is 4.25. The molecule has 2 aromatic carbocycles. The summed E-state index contributed by atoms with van der Waals surface area (Å²) in [5.74, 6) is 1.38. The summed E-state index contributed by atoms with van der Waals surface area (Å²) in [5.41, 5.74) is 4.06. The summed E-state index contributed by atoms with van der Waals surface area (Å²) in [6.45, 7) is 3.91. The van der Waals surface area contributed by atoms with E-state index in [0.29, 0.717) is 24.3 Å². The average molecular weight is 317 g/mol. The molecule has 2 aliphatic carbocycles. The Labute approximate surface area is 143 Å². The van der Waals surface area contributed by atoms with Crippen LogP contribution in [0.5, 0.6) is 0 Å². The van der Waals surface area contributed by atoms with Crippen molar-refractivity contribution >= 4 is 5.91 Å². The van der Waals surface area contributed by atoms with Crippen LogP contribution in [0.4, 0.5) is 0 Å². The lowest BCUT2D eigenvalue weighted by molar-refractivity contribution is -0.121. The van der Waals surface area contributed by atoms with Gasteiger partial charge in [-0.3, -0.25) is 4.79 Å². The van der Waals surface area contributed by atoms with Gasteiger partial charge in [-0.15, -0.1) is 6.58 Å². The first-order chi connectivity index (χ1) is 11.8. The molecule has 0 spiro atoms. The van der Waals surface area contributed by atoms with E-state index in [2.05, 4.69) is 48.3 Å². The summed E-state index contributed by atoms with van der Waals surface area (Å²) < 4.78 is 0. The van der Waals surface area contributed by atoms with E-state index in [1.54, 1.807) is 0 Å². The van der Waals surface area contributed by atoms with Gasteiger partial charge in [-0.05, 0) is 35.4 Å². The molecule has 4 rings (SSSR count). The first-order valence-corrected chi connectivity index (χ1v) is 8.82.